The van der Waals surface area contributed by atoms with Crippen molar-refractivity contribution in [3.63, 3.8) is 0 Å². The summed E-state index contributed by atoms with van der Waals surface area (Å²) in [5.74, 6) is 1.83. The Labute approximate surface area is 122 Å². The minimum absolute atomic E-state index is 0.393. The molecule has 0 saturated heterocycles. The molecule has 4 heteroatoms. The number of halogens is 1. The van der Waals surface area contributed by atoms with Crippen molar-refractivity contribution in [3.8, 4) is 0 Å². The molecule has 0 spiro atoms. The molecule has 0 bridgehead atoms. The van der Waals surface area contributed by atoms with Gasteiger partial charge in [-0.25, -0.2) is 4.98 Å². The van der Waals surface area contributed by atoms with E-state index in [9.17, 15) is 0 Å². The SMILES string of the molecule is CCn1c(C2CCC(N)CC2)nc2cc(Br)ccc21. The Balaban J connectivity index is 2.02. The van der Waals surface area contributed by atoms with Crippen LogP contribution < -0.4 is 5.73 Å². The van der Waals surface area contributed by atoms with Gasteiger partial charge in [-0.1, -0.05) is 15.9 Å². The molecule has 1 aromatic heterocycles. The summed E-state index contributed by atoms with van der Waals surface area (Å²) in [5, 5.41) is 0. The quantitative estimate of drug-likeness (QED) is 0.914. The largest absolute Gasteiger partial charge is 0.328 e. The number of rotatable bonds is 2. The number of aryl methyl sites for hydroxylation is 1. The van der Waals surface area contributed by atoms with Crippen LogP contribution in [0.5, 0.6) is 0 Å². The maximum absolute atomic E-state index is 6.01. The minimum atomic E-state index is 0.393. The van der Waals surface area contributed by atoms with Gasteiger partial charge in [0, 0.05) is 23.0 Å². The molecule has 0 aliphatic heterocycles. The van der Waals surface area contributed by atoms with Crippen LogP contribution in [0.15, 0.2) is 22.7 Å². The molecular weight excluding hydrogens is 302 g/mol. The van der Waals surface area contributed by atoms with Crippen LogP contribution in [0.1, 0.15) is 44.3 Å². The molecule has 0 radical (unpaired) electrons. The van der Waals surface area contributed by atoms with Gasteiger partial charge in [0.2, 0.25) is 0 Å². The number of fused-ring (bicyclic) bond motifs is 1. The highest BCUT2D eigenvalue weighted by molar-refractivity contribution is 9.10. The molecule has 1 fully saturated rings. The third-order valence-electron chi connectivity index (χ3n) is 4.19. The van der Waals surface area contributed by atoms with Crippen LogP contribution in [0.25, 0.3) is 11.0 Å². The fraction of sp³-hybridized carbons (Fsp3) is 0.533. The van der Waals surface area contributed by atoms with Crippen molar-refractivity contribution in [3.05, 3.63) is 28.5 Å². The van der Waals surface area contributed by atoms with E-state index in [2.05, 4.69) is 45.6 Å². The van der Waals surface area contributed by atoms with E-state index in [0.717, 1.165) is 29.4 Å². The predicted octanol–water partition coefficient (Wildman–Crippen LogP) is 3.80. The minimum Gasteiger partial charge on any atom is -0.328 e. The van der Waals surface area contributed by atoms with Gasteiger partial charge < -0.3 is 10.3 Å². The molecule has 102 valence electrons. The lowest BCUT2D eigenvalue weighted by molar-refractivity contribution is 0.378. The van der Waals surface area contributed by atoms with Gasteiger partial charge >= 0.3 is 0 Å². The van der Waals surface area contributed by atoms with Crippen LogP contribution in [0.2, 0.25) is 0 Å². The van der Waals surface area contributed by atoms with Crippen LogP contribution in [-0.2, 0) is 6.54 Å². The monoisotopic (exact) mass is 321 g/mol. The summed E-state index contributed by atoms with van der Waals surface area (Å²) in [5.41, 5.74) is 8.35. The fourth-order valence-electron chi connectivity index (χ4n) is 3.14. The van der Waals surface area contributed by atoms with Gasteiger partial charge in [-0.2, -0.15) is 0 Å². The Morgan fingerprint density at radius 1 is 1.32 bits per heavy atom. The third-order valence-corrected chi connectivity index (χ3v) is 4.69. The third kappa shape index (κ3) is 2.43. The van der Waals surface area contributed by atoms with Crippen molar-refractivity contribution in [2.45, 2.75) is 51.1 Å². The second-order valence-corrected chi connectivity index (χ2v) is 6.37. The zero-order chi connectivity index (χ0) is 13.4. The molecule has 1 saturated carbocycles. The summed E-state index contributed by atoms with van der Waals surface area (Å²) in [4.78, 5) is 4.89. The molecule has 3 nitrogen and oxygen atoms in total. The highest BCUT2D eigenvalue weighted by atomic mass is 79.9. The van der Waals surface area contributed by atoms with Crippen molar-refractivity contribution in [2.24, 2.45) is 5.73 Å². The van der Waals surface area contributed by atoms with E-state index in [4.69, 9.17) is 10.7 Å². The van der Waals surface area contributed by atoms with Gasteiger partial charge in [0.15, 0.2) is 0 Å². The molecule has 0 unspecified atom stereocenters. The lowest BCUT2D eigenvalue weighted by atomic mass is 9.86. The van der Waals surface area contributed by atoms with E-state index >= 15 is 0 Å². The van der Waals surface area contributed by atoms with Crippen molar-refractivity contribution in [1.82, 2.24) is 9.55 Å². The highest BCUT2D eigenvalue weighted by Crippen LogP contribution is 2.34. The first-order valence-electron chi connectivity index (χ1n) is 7.10. The van der Waals surface area contributed by atoms with E-state index in [0.29, 0.717) is 12.0 Å². The maximum atomic E-state index is 6.01. The molecule has 1 aliphatic carbocycles. The Hall–Kier alpha value is -0.870. The van der Waals surface area contributed by atoms with E-state index in [-0.39, 0.29) is 0 Å². The summed E-state index contributed by atoms with van der Waals surface area (Å²) < 4.78 is 3.46. The van der Waals surface area contributed by atoms with Crippen LogP contribution in [0, 0.1) is 0 Å². The normalized spacial score (nSPS) is 23.9. The molecular formula is C15H20BrN3. The summed E-state index contributed by atoms with van der Waals surface area (Å²) in [6.07, 6.45) is 4.60. The molecule has 1 aromatic carbocycles. The van der Waals surface area contributed by atoms with Crippen LogP contribution in [0.4, 0.5) is 0 Å². The van der Waals surface area contributed by atoms with Crippen LogP contribution in [0.3, 0.4) is 0 Å². The summed E-state index contributed by atoms with van der Waals surface area (Å²) in [6, 6.07) is 6.76. The van der Waals surface area contributed by atoms with Gasteiger partial charge in [-0.3, -0.25) is 0 Å². The number of hydrogen-bond donors (Lipinski definition) is 1. The molecule has 2 aromatic rings. The Morgan fingerprint density at radius 2 is 2.05 bits per heavy atom. The Morgan fingerprint density at radius 3 is 2.74 bits per heavy atom. The first kappa shape index (κ1) is 13.1. The lowest BCUT2D eigenvalue weighted by Gasteiger charge is -2.26. The smallest absolute Gasteiger partial charge is 0.112 e. The fourth-order valence-corrected chi connectivity index (χ4v) is 3.49. The Bertz CT molecular complexity index is 582. The van der Waals surface area contributed by atoms with Gasteiger partial charge in [0.25, 0.3) is 0 Å². The van der Waals surface area contributed by atoms with Gasteiger partial charge in [0.1, 0.15) is 5.82 Å². The average molecular weight is 322 g/mol. The van der Waals surface area contributed by atoms with Crippen molar-refractivity contribution >= 4 is 27.0 Å². The number of benzene rings is 1. The number of nitrogens with zero attached hydrogens (tertiary/aromatic N) is 2. The zero-order valence-electron chi connectivity index (χ0n) is 11.3. The van der Waals surface area contributed by atoms with Crippen molar-refractivity contribution in [2.75, 3.05) is 0 Å². The van der Waals surface area contributed by atoms with Crippen molar-refractivity contribution < 1.29 is 0 Å². The first-order valence-corrected chi connectivity index (χ1v) is 7.89. The van der Waals surface area contributed by atoms with E-state index in [1.54, 1.807) is 0 Å². The lowest BCUT2D eigenvalue weighted by Crippen LogP contribution is -2.26. The molecule has 2 N–H and O–H groups in total. The summed E-state index contributed by atoms with van der Waals surface area (Å²) in [6.45, 7) is 3.18. The zero-order valence-corrected chi connectivity index (χ0v) is 12.9. The van der Waals surface area contributed by atoms with E-state index in [1.165, 1.54) is 24.2 Å². The number of aromatic nitrogens is 2. The maximum Gasteiger partial charge on any atom is 0.112 e. The molecule has 0 amide bonds. The molecule has 19 heavy (non-hydrogen) atoms. The number of imidazole rings is 1. The predicted molar refractivity (Wildman–Crippen MR) is 82.3 cm³/mol. The second kappa shape index (κ2) is 5.25. The molecule has 0 atom stereocenters. The van der Waals surface area contributed by atoms with Crippen LogP contribution >= 0.6 is 15.9 Å². The van der Waals surface area contributed by atoms with E-state index in [1.807, 2.05) is 0 Å². The molecule has 1 heterocycles. The molecule has 1 aliphatic rings. The van der Waals surface area contributed by atoms with Crippen LogP contribution in [-0.4, -0.2) is 15.6 Å². The standard InChI is InChI=1S/C15H20BrN3/c1-2-19-14-8-5-11(16)9-13(14)18-15(19)10-3-6-12(17)7-4-10/h5,8-10,12H,2-4,6-7,17H2,1H3. The van der Waals surface area contributed by atoms with Gasteiger partial charge in [0.05, 0.1) is 11.0 Å². The van der Waals surface area contributed by atoms with E-state index < -0.39 is 0 Å². The summed E-state index contributed by atoms with van der Waals surface area (Å²) in [7, 11) is 0. The van der Waals surface area contributed by atoms with Gasteiger partial charge in [-0.15, -0.1) is 0 Å². The van der Waals surface area contributed by atoms with Crippen molar-refractivity contribution in [1.29, 1.82) is 0 Å². The topological polar surface area (TPSA) is 43.8 Å². The highest BCUT2D eigenvalue weighted by Gasteiger charge is 2.24. The molecule has 3 rings (SSSR count). The van der Waals surface area contributed by atoms with Gasteiger partial charge in [-0.05, 0) is 50.8 Å². The average Bonchev–Trinajstić information content (AvgIpc) is 2.77. The summed E-state index contributed by atoms with van der Waals surface area (Å²) >= 11 is 3.53. The number of nitrogens with two attached hydrogens (primary N) is 1. The Kier molecular flexibility index (Phi) is 3.63. The second-order valence-electron chi connectivity index (χ2n) is 5.46. The first-order chi connectivity index (χ1) is 9.19. The number of hydrogen-bond acceptors (Lipinski definition) is 2.